The number of methoxy groups -OCH3 is 3. The van der Waals surface area contributed by atoms with E-state index in [0.29, 0.717) is 37.4 Å². The van der Waals surface area contributed by atoms with E-state index in [9.17, 15) is 0 Å². The van der Waals surface area contributed by atoms with Gasteiger partial charge in [-0.3, -0.25) is 0 Å². The lowest BCUT2D eigenvalue weighted by Gasteiger charge is -2.18. The highest BCUT2D eigenvalue weighted by atomic mass is 16.5. The molecule has 0 radical (unpaired) electrons. The van der Waals surface area contributed by atoms with Crippen LogP contribution < -0.4 is 14.4 Å². The molecule has 0 aliphatic heterocycles. The van der Waals surface area contributed by atoms with Crippen LogP contribution in [0.5, 0.6) is 11.8 Å². The number of rotatable bonds is 8. The molecule has 9 nitrogen and oxygen atoms in total. The third-order valence-corrected chi connectivity index (χ3v) is 3.04. The van der Waals surface area contributed by atoms with Gasteiger partial charge >= 0.3 is 0 Å². The number of hydrogen-bond donors (Lipinski definition) is 0. The number of ether oxygens (including phenoxy) is 3. The second-order valence-electron chi connectivity index (χ2n) is 4.54. The van der Waals surface area contributed by atoms with Crippen molar-refractivity contribution in [1.82, 2.24) is 24.7 Å². The summed E-state index contributed by atoms with van der Waals surface area (Å²) in [5.41, 5.74) is 0. The zero-order chi connectivity index (χ0) is 15.9. The van der Waals surface area contributed by atoms with Gasteiger partial charge in [0.25, 0.3) is 0 Å². The predicted molar refractivity (Wildman–Crippen MR) is 79.1 cm³/mol. The summed E-state index contributed by atoms with van der Waals surface area (Å²) >= 11 is 0. The van der Waals surface area contributed by atoms with Crippen LogP contribution in [0.3, 0.4) is 0 Å². The smallest absolute Gasteiger partial charge is 0.232 e. The maximum atomic E-state index is 5.15. The molecule has 0 aromatic carbocycles. The van der Waals surface area contributed by atoms with Gasteiger partial charge in [0.1, 0.15) is 6.33 Å². The molecule has 9 heteroatoms. The molecule has 0 amide bonds. The average molecular weight is 308 g/mol. The summed E-state index contributed by atoms with van der Waals surface area (Å²) in [6.45, 7) is 1.78. The summed E-state index contributed by atoms with van der Waals surface area (Å²) in [5.74, 6) is 2.16. The number of aromatic nitrogens is 5. The molecule has 0 saturated heterocycles. The molecule has 0 aliphatic rings. The lowest BCUT2D eigenvalue weighted by Crippen LogP contribution is -2.22. The third kappa shape index (κ3) is 3.82. The highest BCUT2D eigenvalue weighted by Crippen LogP contribution is 2.20. The van der Waals surface area contributed by atoms with Crippen LogP contribution in [0.25, 0.3) is 0 Å². The first-order valence-electron chi connectivity index (χ1n) is 6.71. The fourth-order valence-electron chi connectivity index (χ4n) is 1.83. The van der Waals surface area contributed by atoms with Crippen molar-refractivity contribution in [2.24, 2.45) is 0 Å². The highest BCUT2D eigenvalue weighted by Gasteiger charge is 2.13. The molecule has 0 fully saturated rings. The van der Waals surface area contributed by atoms with Crippen LogP contribution in [-0.4, -0.2) is 59.7 Å². The van der Waals surface area contributed by atoms with Gasteiger partial charge in [-0.2, -0.15) is 9.97 Å². The summed E-state index contributed by atoms with van der Waals surface area (Å²) < 4.78 is 17.3. The van der Waals surface area contributed by atoms with Gasteiger partial charge in [0.15, 0.2) is 5.82 Å². The van der Waals surface area contributed by atoms with Crippen molar-refractivity contribution in [3.63, 3.8) is 0 Å². The maximum absolute atomic E-state index is 5.15. The summed E-state index contributed by atoms with van der Waals surface area (Å²) in [4.78, 5) is 10.5. The van der Waals surface area contributed by atoms with Crippen LogP contribution in [0.15, 0.2) is 12.4 Å². The standard InChI is InChI=1S/C13H20N6O3/c1-18(8-10-17-14-9-19(10)5-6-20-2)13-15-11(21-3)7-12(16-13)22-4/h7,9H,5-6,8H2,1-4H3. The normalized spacial score (nSPS) is 10.5. The Kier molecular flexibility index (Phi) is 5.48. The third-order valence-electron chi connectivity index (χ3n) is 3.04. The maximum Gasteiger partial charge on any atom is 0.232 e. The fourth-order valence-corrected chi connectivity index (χ4v) is 1.83. The Labute approximate surface area is 128 Å². The van der Waals surface area contributed by atoms with Crippen LogP contribution in [0.2, 0.25) is 0 Å². The molecule has 22 heavy (non-hydrogen) atoms. The van der Waals surface area contributed by atoms with Gasteiger partial charge in [-0.1, -0.05) is 0 Å². The Morgan fingerprint density at radius 1 is 1.14 bits per heavy atom. The minimum atomic E-state index is 0.439. The zero-order valence-corrected chi connectivity index (χ0v) is 13.2. The molecule has 0 atom stereocenters. The lowest BCUT2D eigenvalue weighted by atomic mass is 10.5. The van der Waals surface area contributed by atoms with E-state index in [1.54, 1.807) is 33.7 Å². The Morgan fingerprint density at radius 2 is 1.82 bits per heavy atom. The molecule has 120 valence electrons. The quantitative estimate of drug-likeness (QED) is 0.691. The molecular formula is C13H20N6O3. The van der Waals surface area contributed by atoms with Gasteiger partial charge in [0.2, 0.25) is 17.7 Å². The molecule has 0 N–H and O–H groups in total. The van der Waals surface area contributed by atoms with Gasteiger partial charge in [0.05, 0.1) is 33.4 Å². The topological polar surface area (TPSA) is 87.4 Å². The predicted octanol–water partition coefficient (Wildman–Crippen LogP) is 0.368. The van der Waals surface area contributed by atoms with E-state index in [1.165, 1.54) is 0 Å². The molecule has 2 rings (SSSR count). The highest BCUT2D eigenvalue weighted by molar-refractivity contribution is 5.36. The largest absolute Gasteiger partial charge is 0.481 e. The summed E-state index contributed by atoms with van der Waals surface area (Å²) in [6, 6.07) is 1.62. The molecule has 0 saturated carbocycles. The van der Waals surface area contributed by atoms with Crippen molar-refractivity contribution >= 4 is 5.95 Å². The van der Waals surface area contributed by atoms with Crippen LogP contribution >= 0.6 is 0 Å². The van der Waals surface area contributed by atoms with Gasteiger partial charge < -0.3 is 23.7 Å². The first-order valence-corrected chi connectivity index (χ1v) is 6.71. The number of anilines is 1. The SMILES string of the molecule is COCCn1cnnc1CN(C)c1nc(OC)cc(OC)n1. The van der Waals surface area contributed by atoms with Crippen LogP contribution in [0.4, 0.5) is 5.95 Å². The molecule has 2 heterocycles. The Balaban J connectivity index is 2.15. The van der Waals surface area contributed by atoms with Crippen molar-refractivity contribution in [2.45, 2.75) is 13.1 Å². The van der Waals surface area contributed by atoms with Crippen LogP contribution in [-0.2, 0) is 17.8 Å². The Hall–Kier alpha value is -2.42. The van der Waals surface area contributed by atoms with E-state index >= 15 is 0 Å². The second kappa shape index (κ2) is 7.55. The Morgan fingerprint density at radius 3 is 2.41 bits per heavy atom. The molecule has 0 unspecified atom stereocenters. The van der Waals surface area contributed by atoms with E-state index in [2.05, 4.69) is 20.2 Å². The average Bonchev–Trinajstić information content (AvgIpc) is 2.99. The molecule has 0 spiro atoms. The van der Waals surface area contributed by atoms with Crippen molar-refractivity contribution in [2.75, 3.05) is 39.9 Å². The van der Waals surface area contributed by atoms with E-state index in [1.807, 2.05) is 16.5 Å². The minimum absolute atomic E-state index is 0.439. The molecule has 0 bridgehead atoms. The molecular weight excluding hydrogens is 288 g/mol. The number of nitrogens with zero attached hydrogens (tertiary/aromatic N) is 6. The van der Waals surface area contributed by atoms with E-state index in [0.717, 1.165) is 5.82 Å². The minimum Gasteiger partial charge on any atom is -0.481 e. The van der Waals surface area contributed by atoms with Crippen molar-refractivity contribution in [3.05, 3.63) is 18.2 Å². The van der Waals surface area contributed by atoms with Crippen LogP contribution in [0.1, 0.15) is 5.82 Å². The molecule has 2 aromatic rings. The summed E-state index contributed by atoms with van der Waals surface area (Å²) in [5, 5.41) is 8.05. The zero-order valence-electron chi connectivity index (χ0n) is 13.2. The van der Waals surface area contributed by atoms with E-state index in [4.69, 9.17) is 14.2 Å². The van der Waals surface area contributed by atoms with Gasteiger partial charge in [-0.25, -0.2) is 0 Å². The second-order valence-corrected chi connectivity index (χ2v) is 4.54. The Bertz CT molecular complexity index is 581. The lowest BCUT2D eigenvalue weighted by molar-refractivity contribution is 0.186. The number of hydrogen-bond acceptors (Lipinski definition) is 8. The summed E-state index contributed by atoms with van der Waals surface area (Å²) in [6.07, 6.45) is 1.68. The fraction of sp³-hybridized carbons (Fsp3) is 0.538. The van der Waals surface area contributed by atoms with Crippen LogP contribution in [0, 0.1) is 0 Å². The van der Waals surface area contributed by atoms with E-state index < -0.39 is 0 Å². The van der Waals surface area contributed by atoms with Gasteiger partial charge in [0, 0.05) is 20.7 Å². The molecule has 0 aliphatic carbocycles. The van der Waals surface area contributed by atoms with Crippen molar-refractivity contribution in [3.8, 4) is 11.8 Å². The van der Waals surface area contributed by atoms with Gasteiger partial charge in [-0.15, -0.1) is 10.2 Å². The van der Waals surface area contributed by atoms with Crippen molar-refractivity contribution in [1.29, 1.82) is 0 Å². The van der Waals surface area contributed by atoms with Gasteiger partial charge in [-0.05, 0) is 0 Å². The van der Waals surface area contributed by atoms with E-state index in [-0.39, 0.29) is 0 Å². The first kappa shape index (κ1) is 16.0. The first-order chi connectivity index (χ1) is 10.7. The summed E-state index contributed by atoms with van der Waals surface area (Å²) in [7, 11) is 6.62. The monoisotopic (exact) mass is 308 g/mol. The molecule has 2 aromatic heterocycles. The van der Waals surface area contributed by atoms with Crippen molar-refractivity contribution < 1.29 is 14.2 Å².